The Balaban J connectivity index is 2.26. The summed E-state index contributed by atoms with van der Waals surface area (Å²) in [7, 11) is -3.81. The fourth-order valence-corrected chi connectivity index (χ4v) is 3.80. The molecule has 3 N–H and O–H groups in total. The van der Waals surface area contributed by atoms with E-state index in [1.54, 1.807) is 24.3 Å². The molecule has 23 heavy (non-hydrogen) atoms. The molecule has 1 heterocycles. The SMILES string of the molecule is CC(N)Cc1nn(S(=O)(=O)c2ccccc2)c2ccc(O)cc12. The predicted molar refractivity (Wildman–Crippen MR) is 87.8 cm³/mol. The van der Waals surface area contributed by atoms with Gasteiger partial charge >= 0.3 is 0 Å². The number of rotatable bonds is 4. The average Bonchev–Trinajstić information content (AvgIpc) is 2.86. The third-order valence-electron chi connectivity index (χ3n) is 3.49. The van der Waals surface area contributed by atoms with E-state index in [1.165, 1.54) is 24.3 Å². The van der Waals surface area contributed by atoms with E-state index in [0.717, 1.165) is 4.09 Å². The number of aromatic hydroxyl groups is 1. The minimum absolute atomic E-state index is 0.0556. The van der Waals surface area contributed by atoms with Crippen molar-refractivity contribution in [2.75, 3.05) is 0 Å². The Morgan fingerprint density at radius 1 is 1.22 bits per heavy atom. The summed E-state index contributed by atoms with van der Waals surface area (Å²) in [6.45, 7) is 1.82. The molecule has 0 fully saturated rings. The molecule has 0 saturated carbocycles. The van der Waals surface area contributed by atoms with Crippen molar-refractivity contribution in [3.63, 3.8) is 0 Å². The van der Waals surface area contributed by atoms with Crippen LogP contribution in [0.25, 0.3) is 10.9 Å². The third-order valence-corrected chi connectivity index (χ3v) is 5.09. The first-order valence-corrected chi connectivity index (χ1v) is 8.60. The molecule has 120 valence electrons. The van der Waals surface area contributed by atoms with E-state index in [9.17, 15) is 13.5 Å². The van der Waals surface area contributed by atoms with Gasteiger partial charge in [0, 0.05) is 17.8 Å². The number of benzene rings is 2. The van der Waals surface area contributed by atoms with E-state index in [0.29, 0.717) is 23.0 Å². The van der Waals surface area contributed by atoms with Crippen LogP contribution in [0.1, 0.15) is 12.6 Å². The van der Waals surface area contributed by atoms with Gasteiger partial charge in [-0.1, -0.05) is 18.2 Å². The van der Waals surface area contributed by atoms with E-state index in [1.807, 2.05) is 6.92 Å². The van der Waals surface area contributed by atoms with E-state index in [-0.39, 0.29) is 16.7 Å². The molecule has 0 amide bonds. The van der Waals surface area contributed by atoms with Gasteiger partial charge in [0.25, 0.3) is 10.0 Å². The van der Waals surface area contributed by atoms with Gasteiger partial charge in [0.1, 0.15) is 5.75 Å². The molecule has 3 rings (SSSR count). The second kappa shape index (κ2) is 5.68. The van der Waals surface area contributed by atoms with Gasteiger partial charge < -0.3 is 10.8 Å². The maximum atomic E-state index is 12.8. The molecular weight excluding hydrogens is 314 g/mol. The van der Waals surface area contributed by atoms with Crippen LogP contribution in [0, 0.1) is 0 Å². The quantitative estimate of drug-likeness (QED) is 0.760. The number of nitrogens with two attached hydrogens (primary N) is 1. The van der Waals surface area contributed by atoms with E-state index >= 15 is 0 Å². The molecule has 1 aromatic heterocycles. The molecule has 0 bridgehead atoms. The zero-order valence-electron chi connectivity index (χ0n) is 12.5. The summed E-state index contributed by atoms with van der Waals surface area (Å²) in [5.74, 6) is 0.0556. The average molecular weight is 331 g/mol. The van der Waals surface area contributed by atoms with Crippen molar-refractivity contribution in [3.05, 3.63) is 54.2 Å². The van der Waals surface area contributed by atoms with Crippen molar-refractivity contribution in [2.45, 2.75) is 24.3 Å². The highest BCUT2D eigenvalue weighted by Gasteiger charge is 2.23. The van der Waals surface area contributed by atoms with Gasteiger partial charge in [-0.25, -0.2) is 0 Å². The van der Waals surface area contributed by atoms with Crippen LogP contribution < -0.4 is 5.73 Å². The van der Waals surface area contributed by atoms with Crippen LogP contribution in [-0.4, -0.2) is 28.8 Å². The van der Waals surface area contributed by atoms with Gasteiger partial charge in [0.15, 0.2) is 0 Å². The van der Waals surface area contributed by atoms with E-state index < -0.39 is 10.0 Å². The van der Waals surface area contributed by atoms with Gasteiger partial charge in [0.2, 0.25) is 0 Å². The molecule has 0 aliphatic carbocycles. The van der Waals surface area contributed by atoms with Crippen molar-refractivity contribution >= 4 is 20.9 Å². The Labute approximate surface area is 134 Å². The minimum atomic E-state index is -3.81. The number of phenolic OH excluding ortho intramolecular Hbond substituents is 1. The molecule has 0 spiro atoms. The minimum Gasteiger partial charge on any atom is -0.508 e. The van der Waals surface area contributed by atoms with Crippen molar-refractivity contribution in [1.29, 1.82) is 0 Å². The van der Waals surface area contributed by atoms with E-state index in [2.05, 4.69) is 5.10 Å². The molecule has 0 aliphatic heterocycles. The molecule has 1 unspecified atom stereocenters. The summed E-state index contributed by atoms with van der Waals surface area (Å²) < 4.78 is 26.7. The predicted octanol–water partition coefficient (Wildman–Crippen LogP) is 1.87. The fraction of sp³-hybridized carbons (Fsp3) is 0.188. The molecule has 0 radical (unpaired) electrons. The van der Waals surface area contributed by atoms with Gasteiger partial charge in [-0.2, -0.15) is 17.6 Å². The normalized spacial score (nSPS) is 13.3. The van der Waals surface area contributed by atoms with Crippen LogP contribution >= 0.6 is 0 Å². The molecule has 2 aromatic carbocycles. The van der Waals surface area contributed by atoms with Crippen LogP contribution in [0.4, 0.5) is 0 Å². The van der Waals surface area contributed by atoms with Gasteiger partial charge in [-0.05, 0) is 37.3 Å². The summed E-state index contributed by atoms with van der Waals surface area (Å²) in [5, 5.41) is 14.5. The first-order chi connectivity index (χ1) is 10.9. The summed E-state index contributed by atoms with van der Waals surface area (Å²) in [5.41, 5.74) is 6.79. The zero-order valence-corrected chi connectivity index (χ0v) is 13.4. The lowest BCUT2D eigenvalue weighted by atomic mass is 10.1. The Morgan fingerprint density at radius 3 is 2.57 bits per heavy atom. The highest BCUT2D eigenvalue weighted by Crippen LogP contribution is 2.27. The smallest absolute Gasteiger partial charge is 0.283 e. The lowest BCUT2D eigenvalue weighted by molar-refractivity contribution is 0.476. The Bertz CT molecular complexity index is 947. The number of fused-ring (bicyclic) bond motifs is 1. The van der Waals surface area contributed by atoms with Crippen LogP contribution in [0.5, 0.6) is 5.75 Å². The molecule has 7 heteroatoms. The van der Waals surface area contributed by atoms with Crippen molar-refractivity contribution in [2.24, 2.45) is 5.73 Å². The van der Waals surface area contributed by atoms with Crippen molar-refractivity contribution in [1.82, 2.24) is 9.19 Å². The maximum Gasteiger partial charge on any atom is 0.283 e. The topological polar surface area (TPSA) is 98.2 Å². The number of phenols is 1. The molecule has 1 atom stereocenters. The molecule has 0 aliphatic rings. The van der Waals surface area contributed by atoms with Crippen LogP contribution in [0.15, 0.2) is 53.4 Å². The van der Waals surface area contributed by atoms with Gasteiger partial charge in [-0.15, -0.1) is 0 Å². The van der Waals surface area contributed by atoms with Crippen molar-refractivity contribution in [3.8, 4) is 5.75 Å². The highest BCUT2D eigenvalue weighted by atomic mass is 32.2. The second-order valence-electron chi connectivity index (χ2n) is 5.49. The van der Waals surface area contributed by atoms with Crippen LogP contribution in [-0.2, 0) is 16.4 Å². The lowest BCUT2D eigenvalue weighted by Gasteiger charge is -2.05. The number of aromatic nitrogens is 2. The van der Waals surface area contributed by atoms with Gasteiger partial charge in [0.05, 0.1) is 16.1 Å². The summed E-state index contributed by atoms with van der Waals surface area (Å²) in [6, 6.07) is 12.4. The Hall–Kier alpha value is -2.38. The molecule has 6 nitrogen and oxygen atoms in total. The van der Waals surface area contributed by atoms with Crippen LogP contribution in [0.3, 0.4) is 0 Å². The molecule has 0 saturated heterocycles. The summed E-state index contributed by atoms with van der Waals surface area (Å²) in [6.07, 6.45) is 0.414. The first-order valence-electron chi connectivity index (χ1n) is 7.16. The van der Waals surface area contributed by atoms with Crippen molar-refractivity contribution < 1.29 is 13.5 Å². The Kier molecular flexibility index (Phi) is 3.83. The molecule has 3 aromatic rings. The van der Waals surface area contributed by atoms with E-state index in [4.69, 9.17) is 5.73 Å². The monoisotopic (exact) mass is 331 g/mol. The standard InChI is InChI=1S/C16H17N3O3S/c1-11(17)9-15-14-10-12(20)7-8-16(14)19(18-15)23(21,22)13-5-3-2-4-6-13/h2-8,10-11,20H,9,17H2,1H3. The molecular formula is C16H17N3O3S. The Morgan fingerprint density at radius 2 is 1.91 bits per heavy atom. The third kappa shape index (κ3) is 2.80. The largest absolute Gasteiger partial charge is 0.508 e. The first kappa shape index (κ1) is 15.5. The van der Waals surface area contributed by atoms with Gasteiger partial charge in [-0.3, -0.25) is 0 Å². The summed E-state index contributed by atoms with van der Waals surface area (Å²) in [4.78, 5) is 0.157. The summed E-state index contributed by atoms with van der Waals surface area (Å²) >= 11 is 0. The number of nitrogens with zero attached hydrogens (tertiary/aromatic N) is 2. The number of hydrogen-bond acceptors (Lipinski definition) is 5. The lowest BCUT2D eigenvalue weighted by Crippen LogP contribution is -2.19. The van der Waals surface area contributed by atoms with Crippen LogP contribution in [0.2, 0.25) is 0 Å². The zero-order chi connectivity index (χ0) is 16.6. The second-order valence-corrected chi connectivity index (χ2v) is 7.26. The maximum absolute atomic E-state index is 12.8. The highest BCUT2D eigenvalue weighted by molar-refractivity contribution is 7.90. The number of hydrogen-bond donors (Lipinski definition) is 2. The fourth-order valence-electron chi connectivity index (χ4n) is 2.47.